The number of aromatic nitrogens is 4. The van der Waals surface area contributed by atoms with Gasteiger partial charge in [0.15, 0.2) is 0 Å². The Morgan fingerprint density at radius 3 is 2.63 bits per heavy atom. The zero-order valence-electron chi connectivity index (χ0n) is 16.9. The molecule has 0 aliphatic carbocycles. The lowest BCUT2D eigenvalue weighted by atomic mass is 10.1. The average molecular weight is 404 g/mol. The minimum absolute atomic E-state index is 0.374. The van der Waals surface area contributed by atoms with Crippen LogP contribution in [0.5, 0.6) is 11.5 Å². The molecule has 0 aliphatic heterocycles. The fourth-order valence-electron chi connectivity index (χ4n) is 3.14. The molecule has 0 unspecified atom stereocenters. The van der Waals surface area contributed by atoms with Gasteiger partial charge in [-0.1, -0.05) is 6.07 Å². The average Bonchev–Trinajstić information content (AvgIpc) is 3.23. The summed E-state index contributed by atoms with van der Waals surface area (Å²) in [4.78, 5) is 15.8. The van der Waals surface area contributed by atoms with E-state index in [0.29, 0.717) is 35.2 Å². The maximum absolute atomic E-state index is 13.0. The van der Waals surface area contributed by atoms with Crippen molar-refractivity contribution in [2.24, 2.45) is 0 Å². The number of nitrogens with zero attached hydrogens (tertiary/aromatic N) is 3. The smallest absolute Gasteiger partial charge is 0.212 e. The van der Waals surface area contributed by atoms with Crippen molar-refractivity contribution in [3.8, 4) is 34.1 Å². The minimum Gasteiger partial charge on any atom is -0.496 e. The highest BCUT2D eigenvalue weighted by Gasteiger charge is 2.13. The molecule has 4 rings (SSSR count). The van der Waals surface area contributed by atoms with Crippen LogP contribution in [0.2, 0.25) is 0 Å². The summed E-state index contributed by atoms with van der Waals surface area (Å²) in [5, 5.41) is 0. The molecule has 3 heterocycles. The van der Waals surface area contributed by atoms with E-state index in [1.807, 2.05) is 38.2 Å². The third-order valence-electron chi connectivity index (χ3n) is 4.73. The van der Waals surface area contributed by atoms with Crippen molar-refractivity contribution < 1.29 is 13.9 Å². The standard InChI is InChI=1S/C23H21FN4O2/c1-14-8-15(2)20(25-10-14)13-30-17-5-6-18(21(9-17)29-3)19-12-27-23(28-19)16-4-7-22(24)26-11-16/h4-12H,13H2,1-3H3,(H,27,28). The van der Waals surface area contributed by atoms with Gasteiger partial charge >= 0.3 is 0 Å². The first-order valence-corrected chi connectivity index (χ1v) is 9.44. The first-order chi connectivity index (χ1) is 14.5. The Morgan fingerprint density at radius 2 is 1.90 bits per heavy atom. The summed E-state index contributed by atoms with van der Waals surface area (Å²) in [6.45, 7) is 4.41. The summed E-state index contributed by atoms with van der Waals surface area (Å²) < 4.78 is 24.5. The number of rotatable bonds is 6. The van der Waals surface area contributed by atoms with Crippen LogP contribution in [0.25, 0.3) is 22.6 Å². The molecule has 0 radical (unpaired) electrons. The summed E-state index contributed by atoms with van der Waals surface area (Å²) in [5.74, 6) is 1.38. The van der Waals surface area contributed by atoms with Crippen LogP contribution >= 0.6 is 0 Å². The molecule has 0 aliphatic rings. The number of halogens is 1. The predicted molar refractivity (Wildman–Crippen MR) is 112 cm³/mol. The van der Waals surface area contributed by atoms with Crippen molar-refractivity contribution in [1.82, 2.24) is 19.9 Å². The van der Waals surface area contributed by atoms with E-state index in [4.69, 9.17) is 9.47 Å². The van der Waals surface area contributed by atoms with Gasteiger partial charge in [0, 0.05) is 35.8 Å². The highest BCUT2D eigenvalue weighted by atomic mass is 19.1. The molecule has 0 saturated heterocycles. The van der Waals surface area contributed by atoms with Crippen LogP contribution in [0.4, 0.5) is 4.39 Å². The van der Waals surface area contributed by atoms with Crippen LogP contribution in [0, 0.1) is 19.8 Å². The van der Waals surface area contributed by atoms with Gasteiger partial charge in [-0.3, -0.25) is 4.98 Å². The Bertz CT molecular complexity index is 1170. The molecule has 4 aromatic rings. The molecule has 30 heavy (non-hydrogen) atoms. The summed E-state index contributed by atoms with van der Waals surface area (Å²) in [6.07, 6.45) is 5.05. The number of H-pyrrole nitrogens is 1. The number of aromatic amines is 1. The lowest BCUT2D eigenvalue weighted by Gasteiger charge is -2.12. The summed E-state index contributed by atoms with van der Waals surface area (Å²) >= 11 is 0. The molecule has 0 spiro atoms. The summed E-state index contributed by atoms with van der Waals surface area (Å²) in [7, 11) is 1.60. The molecular weight excluding hydrogens is 383 g/mol. The number of methoxy groups -OCH3 is 1. The highest BCUT2D eigenvalue weighted by molar-refractivity contribution is 5.70. The molecule has 7 heteroatoms. The second kappa shape index (κ2) is 8.32. The minimum atomic E-state index is -0.529. The Balaban J connectivity index is 1.54. The molecular formula is C23H21FN4O2. The van der Waals surface area contributed by atoms with Crippen LogP contribution in [-0.2, 0) is 6.61 Å². The van der Waals surface area contributed by atoms with E-state index in [9.17, 15) is 4.39 Å². The van der Waals surface area contributed by atoms with Gasteiger partial charge in [0.1, 0.15) is 23.9 Å². The first-order valence-electron chi connectivity index (χ1n) is 9.44. The highest BCUT2D eigenvalue weighted by Crippen LogP contribution is 2.33. The number of hydrogen-bond acceptors (Lipinski definition) is 5. The fourth-order valence-corrected chi connectivity index (χ4v) is 3.14. The van der Waals surface area contributed by atoms with Crippen LogP contribution in [0.3, 0.4) is 0 Å². The third-order valence-corrected chi connectivity index (χ3v) is 4.73. The molecule has 0 fully saturated rings. The number of benzene rings is 1. The number of imidazole rings is 1. The third kappa shape index (κ3) is 4.15. The SMILES string of the molecule is COc1cc(OCc2ncc(C)cc2C)ccc1-c1c[nH]c(-c2ccc(F)nc2)n1. The second-order valence-corrected chi connectivity index (χ2v) is 6.93. The monoisotopic (exact) mass is 404 g/mol. The van der Waals surface area contributed by atoms with E-state index in [1.54, 1.807) is 19.4 Å². The quantitative estimate of drug-likeness (QED) is 0.464. The predicted octanol–water partition coefficient (Wildman–Crippen LogP) is 4.88. The number of ether oxygens (including phenoxy) is 2. The van der Waals surface area contributed by atoms with Crippen LogP contribution in [0.1, 0.15) is 16.8 Å². The molecule has 0 amide bonds. The van der Waals surface area contributed by atoms with Gasteiger partial charge in [0.25, 0.3) is 0 Å². The molecule has 0 bridgehead atoms. The maximum Gasteiger partial charge on any atom is 0.212 e. The van der Waals surface area contributed by atoms with Crippen molar-refractivity contribution in [1.29, 1.82) is 0 Å². The zero-order chi connectivity index (χ0) is 21.1. The van der Waals surface area contributed by atoms with Gasteiger partial charge in [-0.25, -0.2) is 9.97 Å². The summed E-state index contributed by atoms with van der Waals surface area (Å²) in [5.41, 5.74) is 5.33. The molecule has 152 valence electrons. The van der Waals surface area contributed by atoms with Gasteiger partial charge in [-0.2, -0.15) is 4.39 Å². The van der Waals surface area contributed by atoms with E-state index in [-0.39, 0.29) is 0 Å². The molecule has 3 aromatic heterocycles. The van der Waals surface area contributed by atoms with Crippen LogP contribution in [0.15, 0.2) is 55.0 Å². The molecule has 1 aromatic carbocycles. The van der Waals surface area contributed by atoms with Crippen molar-refractivity contribution >= 4 is 0 Å². The Hall–Kier alpha value is -3.74. The largest absolute Gasteiger partial charge is 0.496 e. The Labute approximate surface area is 173 Å². The first kappa shape index (κ1) is 19.6. The number of hydrogen-bond donors (Lipinski definition) is 1. The van der Waals surface area contributed by atoms with Gasteiger partial charge in [0.05, 0.1) is 18.5 Å². The molecule has 0 atom stereocenters. The Morgan fingerprint density at radius 1 is 1.03 bits per heavy atom. The number of pyridine rings is 2. The van der Waals surface area contributed by atoms with Crippen molar-refractivity contribution in [3.63, 3.8) is 0 Å². The van der Waals surface area contributed by atoms with Gasteiger partial charge < -0.3 is 14.5 Å². The van der Waals surface area contributed by atoms with Gasteiger partial charge in [-0.15, -0.1) is 0 Å². The lowest BCUT2D eigenvalue weighted by Crippen LogP contribution is -2.01. The van der Waals surface area contributed by atoms with E-state index < -0.39 is 5.95 Å². The zero-order valence-corrected chi connectivity index (χ0v) is 16.9. The topological polar surface area (TPSA) is 72.9 Å². The molecule has 6 nitrogen and oxygen atoms in total. The second-order valence-electron chi connectivity index (χ2n) is 6.93. The van der Waals surface area contributed by atoms with Gasteiger partial charge in [-0.05, 0) is 49.2 Å². The van der Waals surface area contributed by atoms with E-state index in [0.717, 1.165) is 22.4 Å². The van der Waals surface area contributed by atoms with Crippen molar-refractivity contribution in [2.45, 2.75) is 20.5 Å². The molecule has 1 N–H and O–H groups in total. The number of aryl methyl sites for hydroxylation is 2. The van der Waals surface area contributed by atoms with E-state index >= 15 is 0 Å². The van der Waals surface area contributed by atoms with Gasteiger partial charge in [0.2, 0.25) is 5.95 Å². The van der Waals surface area contributed by atoms with E-state index in [1.165, 1.54) is 12.3 Å². The van der Waals surface area contributed by atoms with Crippen LogP contribution in [-0.4, -0.2) is 27.0 Å². The lowest BCUT2D eigenvalue weighted by molar-refractivity contribution is 0.298. The van der Waals surface area contributed by atoms with Crippen LogP contribution < -0.4 is 9.47 Å². The number of nitrogens with one attached hydrogen (secondary N) is 1. The molecule has 0 saturated carbocycles. The summed E-state index contributed by atoms with van der Waals surface area (Å²) in [6, 6.07) is 10.6. The normalized spacial score (nSPS) is 10.8. The Kier molecular flexibility index (Phi) is 5.43. The van der Waals surface area contributed by atoms with Crippen molar-refractivity contribution in [2.75, 3.05) is 7.11 Å². The fraction of sp³-hybridized carbons (Fsp3) is 0.174. The van der Waals surface area contributed by atoms with Crippen molar-refractivity contribution in [3.05, 3.63) is 77.8 Å². The van der Waals surface area contributed by atoms with E-state index in [2.05, 4.69) is 26.0 Å². The maximum atomic E-state index is 13.0.